The van der Waals surface area contributed by atoms with Crippen LogP contribution in [0.5, 0.6) is 0 Å². The minimum atomic E-state index is -0.290. The average Bonchev–Trinajstić information content (AvgIpc) is 3.31. The monoisotopic (exact) mass is 314 g/mol. The van der Waals surface area contributed by atoms with Crippen molar-refractivity contribution < 1.29 is 4.74 Å². The fourth-order valence-corrected chi connectivity index (χ4v) is 2.38. The quantitative estimate of drug-likeness (QED) is 0.787. The molecule has 1 aliphatic rings. The Morgan fingerprint density at radius 2 is 2.33 bits per heavy atom. The fraction of sp³-hybridized carbons (Fsp3) is 0.714. The lowest BCUT2D eigenvalue weighted by molar-refractivity contribution is 0.182. The molecule has 1 atom stereocenters. The zero-order valence-electron chi connectivity index (χ0n) is 12.8. The van der Waals surface area contributed by atoms with Crippen LogP contribution >= 0.6 is 11.6 Å². The van der Waals surface area contributed by atoms with Crippen LogP contribution in [0.4, 0.5) is 5.69 Å². The van der Waals surface area contributed by atoms with E-state index in [0.29, 0.717) is 30.9 Å². The van der Waals surface area contributed by atoms with Crippen LogP contribution in [0.2, 0.25) is 5.02 Å². The molecule has 118 valence electrons. The molecule has 6 nitrogen and oxygen atoms in total. The molecule has 1 heterocycles. The Bertz CT molecular complexity index is 530. The number of nitrogens with zero attached hydrogens (tertiary/aromatic N) is 3. The summed E-state index contributed by atoms with van der Waals surface area (Å²) in [6.45, 7) is 3.72. The van der Waals surface area contributed by atoms with Gasteiger partial charge in [-0.1, -0.05) is 11.6 Å². The van der Waals surface area contributed by atoms with Crippen LogP contribution in [0, 0.1) is 0 Å². The van der Waals surface area contributed by atoms with Gasteiger partial charge in [0.05, 0.1) is 25.0 Å². The molecule has 0 amide bonds. The van der Waals surface area contributed by atoms with E-state index in [9.17, 15) is 4.79 Å². The van der Waals surface area contributed by atoms with E-state index >= 15 is 0 Å². The first-order chi connectivity index (χ1) is 10.0. The minimum Gasteiger partial charge on any atom is -0.383 e. The van der Waals surface area contributed by atoms with Gasteiger partial charge in [0.25, 0.3) is 5.56 Å². The Labute approximate surface area is 130 Å². The molecular formula is C14H23ClN4O2. The van der Waals surface area contributed by atoms with Crippen LogP contribution in [-0.4, -0.2) is 54.1 Å². The van der Waals surface area contributed by atoms with E-state index < -0.39 is 0 Å². The third-order valence-electron chi connectivity index (χ3n) is 3.90. The molecule has 0 bridgehead atoms. The Morgan fingerprint density at radius 1 is 1.62 bits per heavy atom. The van der Waals surface area contributed by atoms with Gasteiger partial charge in [-0.05, 0) is 26.8 Å². The molecule has 7 heteroatoms. The van der Waals surface area contributed by atoms with Crippen molar-refractivity contribution in [3.05, 3.63) is 21.6 Å². The molecule has 1 aromatic heterocycles. The summed E-state index contributed by atoms with van der Waals surface area (Å²) in [4.78, 5) is 14.4. The highest BCUT2D eigenvalue weighted by molar-refractivity contribution is 6.32. The molecule has 0 aromatic carbocycles. The number of methoxy groups -OCH3 is 1. The third kappa shape index (κ3) is 4.18. The standard InChI is InChI=1S/C14H23ClN4O2/c1-10(18(2)11-4-5-11)8-16-12-9-17-19(6-7-21-3)14(20)13(12)15/h9-11,16H,4-8H2,1-3H3. The van der Waals surface area contributed by atoms with Crippen molar-refractivity contribution in [2.45, 2.75) is 38.4 Å². The van der Waals surface area contributed by atoms with E-state index in [1.54, 1.807) is 13.3 Å². The van der Waals surface area contributed by atoms with Gasteiger partial charge in [0.1, 0.15) is 5.02 Å². The van der Waals surface area contributed by atoms with Gasteiger partial charge in [-0.3, -0.25) is 9.69 Å². The van der Waals surface area contributed by atoms with Crippen LogP contribution in [0.3, 0.4) is 0 Å². The van der Waals surface area contributed by atoms with Crippen molar-refractivity contribution in [1.82, 2.24) is 14.7 Å². The maximum absolute atomic E-state index is 12.1. The van der Waals surface area contributed by atoms with Crippen molar-refractivity contribution >= 4 is 17.3 Å². The number of likely N-dealkylation sites (N-methyl/N-ethyl adjacent to an activating group) is 1. The zero-order valence-corrected chi connectivity index (χ0v) is 13.6. The molecule has 0 aliphatic heterocycles. The van der Waals surface area contributed by atoms with Gasteiger partial charge in [0, 0.05) is 25.7 Å². The van der Waals surface area contributed by atoms with E-state index in [-0.39, 0.29) is 10.6 Å². The van der Waals surface area contributed by atoms with Crippen molar-refractivity contribution in [1.29, 1.82) is 0 Å². The van der Waals surface area contributed by atoms with Gasteiger partial charge >= 0.3 is 0 Å². The van der Waals surface area contributed by atoms with Crippen LogP contribution in [0.1, 0.15) is 19.8 Å². The molecule has 1 aliphatic carbocycles. The molecule has 21 heavy (non-hydrogen) atoms. The van der Waals surface area contributed by atoms with Crippen molar-refractivity contribution in [3.8, 4) is 0 Å². The van der Waals surface area contributed by atoms with E-state index in [0.717, 1.165) is 6.54 Å². The first-order valence-corrected chi connectivity index (χ1v) is 7.62. The summed E-state index contributed by atoms with van der Waals surface area (Å²) in [5.74, 6) is 0. The molecule has 1 aromatic rings. The first kappa shape index (κ1) is 16.3. The third-order valence-corrected chi connectivity index (χ3v) is 4.26. The summed E-state index contributed by atoms with van der Waals surface area (Å²) in [7, 11) is 3.72. The molecule has 1 unspecified atom stereocenters. The SMILES string of the molecule is COCCn1ncc(NCC(C)N(C)C2CC2)c(Cl)c1=O. The van der Waals surface area contributed by atoms with Gasteiger partial charge in [0.2, 0.25) is 0 Å². The number of hydrogen-bond acceptors (Lipinski definition) is 5. The number of rotatable bonds is 8. The maximum Gasteiger partial charge on any atom is 0.287 e. The summed E-state index contributed by atoms with van der Waals surface area (Å²) in [5.41, 5.74) is 0.299. The van der Waals surface area contributed by atoms with Gasteiger partial charge in [0.15, 0.2) is 0 Å². The lowest BCUT2D eigenvalue weighted by atomic mass is 10.3. The van der Waals surface area contributed by atoms with Gasteiger partial charge in [-0.15, -0.1) is 0 Å². The van der Waals surface area contributed by atoms with Crippen molar-refractivity contribution in [2.75, 3.05) is 32.6 Å². The molecule has 1 fully saturated rings. The summed E-state index contributed by atoms with van der Waals surface area (Å²) in [5, 5.41) is 7.51. The van der Waals surface area contributed by atoms with Crippen LogP contribution in [0.15, 0.2) is 11.0 Å². The number of nitrogens with one attached hydrogen (secondary N) is 1. The lowest BCUT2D eigenvalue weighted by Crippen LogP contribution is -2.36. The largest absolute Gasteiger partial charge is 0.383 e. The van der Waals surface area contributed by atoms with Gasteiger partial charge in [-0.2, -0.15) is 5.10 Å². The van der Waals surface area contributed by atoms with Crippen LogP contribution in [-0.2, 0) is 11.3 Å². The van der Waals surface area contributed by atoms with Crippen molar-refractivity contribution in [2.24, 2.45) is 0 Å². The number of ether oxygens (including phenoxy) is 1. The summed E-state index contributed by atoms with van der Waals surface area (Å²) in [6, 6.07) is 1.09. The highest BCUT2D eigenvalue weighted by Crippen LogP contribution is 2.27. The normalized spacial score (nSPS) is 16.2. The van der Waals surface area contributed by atoms with E-state index in [1.165, 1.54) is 17.5 Å². The van der Waals surface area contributed by atoms with Crippen LogP contribution in [0.25, 0.3) is 0 Å². The second kappa shape index (κ2) is 7.24. The zero-order chi connectivity index (χ0) is 15.4. The summed E-state index contributed by atoms with van der Waals surface area (Å²) < 4.78 is 6.26. The minimum absolute atomic E-state index is 0.183. The topological polar surface area (TPSA) is 59.4 Å². The molecule has 1 N–H and O–H groups in total. The van der Waals surface area contributed by atoms with E-state index in [1.807, 2.05) is 0 Å². The number of anilines is 1. The molecular weight excluding hydrogens is 292 g/mol. The fourth-order valence-electron chi connectivity index (χ4n) is 2.17. The van der Waals surface area contributed by atoms with Crippen molar-refractivity contribution in [3.63, 3.8) is 0 Å². The number of hydrogen-bond donors (Lipinski definition) is 1. The number of halogens is 1. The predicted octanol–water partition coefficient (Wildman–Crippen LogP) is 1.44. The van der Waals surface area contributed by atoms with Crippen LogP contribution < -0.4 is 10.9 Å². The maximum atomic E-state index is 12.1. The molecule has 0 radical (unpaired) electrons. The Hall–Kier alpha value is -1.11. The summed E-state index contributed by atoms with van der Waals surface area (Å²) in [6.07, 6.45) is 4.15. The van der Waals surface area contributed by atoms with Gasteiger partial charge < -0.3 is 10.1 Å². The second-order valence-electron chi connectivity index (χ2n) is 5.52. The van der Waals surface area contributed by atoms with E-state index in [4.69, 9.17) is 16.3 Å². The highest BCUT2D eigenvalue weighted by Gasteiger charge is 2.29. The molecule has 1 saturated carbocycles. The first-order valence-electron chi connectivity index (χ1n) is 7.25. The van der Waals surface area contributed by atoms with E-state index in [2.05, 4.69) is 29.3 Å². The lowest BCUT2D eigenvalue weighted by Gasteiger charge is -2.25. The molecule has 2 rings (SSSR count). The predicted molar refractivity (Wildman–Crippen MR) is 84.1 cm³/mol. The molecule has 0 spiro atoms. The molecule has 0 saturated heterocycles. The smallest absolute Gasteiger partial charge is 0.287 e. The van der Waals surface area contributed by atoms with Gasteiger partial charge in [-0.25, -0.2) is 4.68 Å². The Kier molecular flexibility index (Phi) is 5.61. The summed E-state index contributed by atoms with van der Waals surface area (Å²) >= 11 is 6.12. The Morgan fingerprint density at radius 3 is 2.95 bits per heavy atom. The number of aromatic nitrogens is 2. The Balaban J connectivity index is 1.96. The second-order valence-corrected chi connectivity index (χ2v) is 5.90. The highest BCUT2D eigenvalue weighted by atomic mass is 35.5. The average molecular weight is 315 g/mol.